The number of nitrogens with two attached hydrogens (primary N) is 1. The number of nitrogens with one attached hydrogen (secondary N) is 1. The Kier molecular flexibility index (Phi) is 4.83. The fourth-order valence-electron chi connectivity index (χ4n) is 2.97. The van der Waals surface area contributed by atoms with Crippen LogP contribution in [0.5, 0.6) is 0 Å². The number of nitrogens with zero attached hydrogens (tertiary/aromatic N) is 1. The molecule has 6 heteroatoms. The van der Waals surface area contributed by atoms with E-state index >= 15 is 0 Å². The number of aryl methyl sites for hydroxylation is 1. The molecule has 0 amide bonds. The van der Waals surface area contributed by atoms with Gasteiger partial charge in [-0.15, -0.1) is 0 Å². The van der Waals surface area contributed by atoms with Crippen LogP contribution in [0.4, 0.5) is 0 Å². The van der Waals surface area contributed by atoms with Crippen LogP contribution in [0, 0.1) is 0 Å². The molecule has 2 heterocycles. The number of carbonyl (C=O) groups is 1. The van der Waals surface area contributed by atoms with Gasteiger partial charge in [-0.25, -0.2) is 4.79 Å². The smallest absolute Gasteiger partial charge is 0.336 e. The van der Waals surface area contributed by atoms with Crippen molar-refractivity contribution in [2.75, 3.05) is 6.54 Å². The molecule has 5 nitrogen and oxygen atoms in total. The molecular formula is C18H18ClN3O2. The number of unbranched alkanes of at least 4 members (excludes halogenated alkanes) is 1. The van der Waals surface area contributed by atoms with Gasteiger partial charge in [-0.2, -0.15) is 0 Å². The Labute approximate surface area is 144 Å². The zero-order valence-electron chi connectivity index (χ0n) is 13.1. The van der Waals surface area contributed by atoms with E-state index in [-0.39, 0.29) is 5.56 Å². The molecule has 0 unspecified atom stereocenters. The first-order valence-corrected chi connectivity index (χ1v) is 8.18. The van der Waals surface area contributed by atoms with E-state index in [1.807, 2.05) is 12.1 Å². The van der Waals surface area contributed by atoms with Crippen LogP contribution in [0.3, 0.4) is 0 Å². The highest BCUT2D eigenvalue weighted by molar-refractivity contribution is 6.36. The summed E-state index contributed by atoms with van der Waals surface area (Å²) in [7, 11) is 0. The topological polar surface area (TPSA) is 92.0 Å². The predicted octanol–water partition coefficient (Wildman–Crippen LogP) is 3.86. The zero-order valence-corrected chi connectivity index (χ0v) is 13.8. The van der Waals surface area contributed by atoms with Crippen LogP contribution >= 0.6 is 11.6 Å². The number of pyridine rings is 1. The van der Waals surface area contributed by atoms with Gasteiger partial charge in [-0.05, 0) is 55.6 Å². The number of hydrogen-bond acceptors (Lipinski definition) is 3. The summed E-state index contributed by atoms with van der Waals surface area (Å²) in [6, 6.07) is 6.96. The number of rotatable bonds is 6. The Morgan fingerprint density at radius 3 is 2.79 bits per heavy atom. The Balaban J connectivity index is 2.27. The number of halogens is 1. The third-order valence-electron chi connectivity index (χ3n) is 4.07. The summed E-state index contributed by atoms with van der Waals surface area (Å²) < 4.78 is 0. The second-order valence-corrected chi connectivity index (χ2v) is 6.02. The Bertz CT molecular complexity index is 875. The molecule has 0 radical (unpaired) electrons. The highest BCUT2D eigenvalue weighted by atomic mass is 35.5. The van der Waals surface area contributed by atoms with Gasteiger partial charge in [0.1, 0.15) is 0 Å². The largest absolute Gasteiger partial charge is 0.478 e. The van der Waals surface area contributed by atoms with Crippen molar-refractivity contribution < 1.29 is 9.90 Å². The average Bonchev–Trinajstić information content (AvgIpc) is 2.96. The molecule has 0 aliphatic heterocycles. The summed E-state index contributed by atoms with van der Waals surface area (Å²) in [5.41, 5.74) is 9.23. The number of H-pyrrole nitrogens is 1. The zero-order chi connectivity index (χ0) is 17.1. The molecule has 0 atom stereocenters. The number of fused-ring (bicyclic) bond motifs is 1. The summed E-state index contributed by atoms with van der Waals surface area (Å²) in [6.07, 6.45) is 5.94. The first kappa shape index (κ1) is 16.5. The molecule has 0 aliphatic rings. The number of benzene rings is 1. The Morgan fingerprint density at radius 2 is 2.12 bits per heavy atom. The molecule has 24 heavy (non-hydrogen) atoms. The van der Waals surface area contributed by atoms with Crippen LogP contribution < -0.4 is 5.73 Å². The van der Waals surface area contributed by atoms with Gasteiger partial charge in [0.15, 0.2) is 0 Å². The number of aromatic carboxylic acids is 1. The lowest BCUT2D eigenvalue weighted by atomic mass is 9.98. The third kappa shape index (κ3) is 3.00. The van der Waals surface area contributed by atoms with Crippen molar-refractivity contribution in [3.05, 3.63) is 52.8 Å². The van der Waals surface area contributed by atoms with Crippen molar-refractivity contribution in [2.24, 2.45) is 5.73 Å². The highest BCUT2D eigenvalue weighted by Crippen LogP contribution is 2.36. The molecule has 0 saturated heterocycles. The maximum Gasteiger partial charge on any atom is 0.336 e. The van der Waals surface area contributed by atoms with E-state index in [0.717, 1.165) is 36.1 Å². The molecule has 4 N–H and O–H groups in total. The van der Waals surface area contributed by atoms with Crippen molar-refractivity contribution in [1.82, 2.24) is 9.97 Å². The number of aromatic nitrogens is 2. The minimum absolute atomic E-state index is 0.253. The molecular weight excluding hydrogens is 326 g/mol. The Hall–Kier alpha value is -2.37. The van der Waals surface area contributed by atoms with Gasteiger partial charge in [-0.1, -0.05) is 11.6 Å². The highest BCUT2D eigenvalue weighted by Gasteiger charge is 2.20. The van der Waals surface area contributed by atoms with Gasteiger partial charge in [0, 0.05) is 23.3 Å². The van der Waals surface area contributed by atoms with E-state index in [0.29, 0.717) is 22.5 Å². The van der Waals surface area contributed by atoms with Crippen LogP contribution in [0.25, 0.3) is 22.2 Å². The summed E-state index contributed by atoms with van der Waals surface area (Å²) in [5.74, 6) is -0.964. The van der Waals surface area contributed by atoms with Gasteiger partial charge >= 0.3 is 5.97 Å². The molecule has 0 aliphatic carbocycles. The molecule has 3 rings (SSSR count). The van der Waals surface area contributed by atoms with Crippen molar-refractivity contribution >= 4 is 28.5 Å². The van der Waals surface area contributed by atoms with E-state index in [9.17, 15) is 9.90 Å². The van der Waals surface area contributed by atoms with Gasteiger partial charge in [0.2, 0.25) is 0 Å². The van der Waals surface area contributed by atoms with Crippen LogP contribution in [0.1, 0.15) is 28.8 Å². The monoisotopic (exact) mass is 343 g/mol. The third-order valence-corrected chi connectivity index (χ3v) is 4.38. The summed E-state index contributed by atoms with van der Waals surface area (Å²) in [4.78, 5) is 19.1. The minimum Gasteiger partial charge on any atom is -0.478 e. The molecule has 0 bridgehead atoms. The van der Waals surface area contributed by atoms with Crippen LogP contribution in [0.2, 0.25) is 5.02 Å². The molecule has 1 aromatic carbocycles. The van der Waals surface area contributed by atoms with Crippen molar-refractivity contribution in [2.45, 2.75) is 19.3 Å². The lowest BCUT2D eigenvalue weighted by Crippen LogP contribution is -2.01. The van der Waals surface area contributed by atoms with E-state index < -0.39 is 5.97 Å². The van der Waals surface area contributed by atoms with Gasteiger partial charge < -0.3 is 15.8 Å². The van der Waals surface area contributed by atoms with E-state index in [4.69, 9.17) is 17.3 Å². The SMILES string of the molecule is NCCCCc1c(-c2cccnc2)[nH]c2c(Cl)ccc(C(=O)O)c12. The number of hydrogen-bond donors (Lipinski definition) is 3. The van der Waals surface area contributed by atoms with Gasteiger partial charge in [0.05, 0.1) is 21.8 Å². The normalized spacial score (nSPS) is 11.1. The number of aromatic amines is 1. The number of carboxylic acid groups (broad SMARTS) is 1. The van der Waals surface area contributed by atoms with E-state index in [1.165, 1.54) is 0 Å². The molecule has 3 aromatic rings. The Morgan fingerprint density at radius 1 is 1.29 bits per heavy atom. The fraction of sp³-hybridized carbons (Fsp3) is 0.222. The van der Waals surface area contributed by atoms with Crippen LogP contribution in [-0.2, 0) is 6.42 Å². The summed E-state index contributed by atoms with van der Waals surface area (Å²) >= 11 is 6.31. The maximum atomic E-state index is 11.7. The van der Waals surface area contributed by atoms with Crippen LogP contribution in [-0.4, -0.2) is 27.6 Å². The second-order valence-electron chi connectivity index (χ2n) is 5.62. The van der Waals surface area contributed by atoms with E-state index in [1.54, 1.807) is 24.5 Å². The molecule has 124 valence electrons. The van der Waals surface area contributed by atoms with Crippen molar-refractivity contribution in [3.63, 3.8) is 0 Å². The molecule has 0 fully saturated rings. The second kappa shape index (κ2) is 7.03. The summed E-state index contributed by atoms with van der Waals surface area (Å²) in [6.45, 7) is 0.608. The van der Waals surface area contributed by atoms with E-state index in [2.05, 4.69) is 9.97 Å². The molecule has 0 saturated carbocycles. The quantitative estimate of drug-likeness (QED) is 0.592. The van der Waals surface area contributed by atoms with Crippen LogP contribution in [0.15, 0.2) is 36.7 Å². The molecule has 0 spiro atoms. The van der Waals surface area contributed by atoms with Gasteiger partial charge in [-0.3, -0.25) is 4.98 Å². The number of carboxylic acids is 1. The summed E-state index contributed by atoms with van der Waals surface area (Å²) in [5, 5.41) is 10.7. The lowest BCUT2D eigenvalue weighted by Gasteiger charge is -2.06. The standard InChI is InChI=1S/C18H18ClN3O2/c19-14-7-6-13(18(23)24)15-12(5-1-2-8-20)16(22-17(14)15)11-4-3-9-21-10-11/h3-4,6-7,9-10,22H,1-2,5,8,20H2,(H,23,24). The van der Waals surface area contributed by atoms with Gasteiger partial charge in [0.25, 0.3) is 0 Å². The van der Waals surface area contributed by atoms with Crippen molar-refractivity contribution in [3.8, 4) is 11.3 Å². The molecule has 2 aromatic heterocycles. The predicted molar refractivity (Wildman–Crippen MR) is 95.5 cm³/mol. The minimum atomic E-state index is -0.964. The maximum absolute atomic E-state index is 11.7. The lowest BCUT2D eigenvalue weighted by molar-refractivity contribution is 0.0699. The average molecular weight is 344 g/mol. The first-order valence-electron chi connectivity index (χ1n) is 7.80. The van der Waals surface area contributed by atoms with Crippen molar-refractivity contribution in [1.29, 1.82) is 0 Å². The fourth-order valence-corrected chi connectivity index (χ4v) is 3.17. The first-order chi connectivity index (χ1) is 11.6.